The van der Waals surface area contributed by atoms with Gasteiger partial charge in [-0.1, -0.05) is 27.7 Å². The Kier molecular flexibility index (Phi) is 10.8. The lowest BCUT2D eigenvalue weighted by Gasteiger charge is -2.18. The van der Waals surface area contributed by atoms with Crippen molar-refractivity contribution in [2.75, 3.05) is 0 Å². The summed E-state index contributed by atoms with van der Waals surface area (Å²) in [5.41, 5.74) is 8.07. The van der Waals surface area contributed by atoms with E-state index in [2.05, 4.69) is 38.7 Å². The molecule has 1 amide bonds. The molecule has 0 fully saturated rings. The van der Waals surface area contributed by atoms with E-state index in [0.717, 1.165) is 34.4 Å². The largest absolute Gasteiger partial charge is 0.768 e. The normalized spacial score (nSPS) is 12.3. The molecule has 0 aliphatic rings. The second kappa shape index (κ2) is 12.3. The average molecular weight is 495 g/mol. The molecule has 1 atom stereocenters. The molecule has 8 nitrogen and oxygen atoms in total. The number of benzene rings is 1. The molecule has 33 heavy (non-hydrogen) atoms. The molecule has 0 aliphatic carbocycles. The van der Waals surface area contributed by atoms with E-state index in [0.29, 0.717) is 11.5 Å². The third kappa shape index (κ3) is 8.61. The van der Waals surface area contributed by atoms with Gasteiger partial charge < -0.3 is 20.5 Å². The van der Waals surface area contributed by atoms with Crippen LogP contribution in [0.4, 0.5) is 0 Å². The summed E-state index contributed by atoms with van der Waals surface area (Å²) in [7, 11) is 0. The van der Waals surface area contributed by atoms with Crippen LogP contribution in [0.5, 0.6) is 0 Å². The molecule has 0 radical (unpaired) electrons. The predicted molar refractivity (Wildman–Crippen MR) is 127 cm³/mol. The minimum atomic E-state index is -2.42. The Morgan fingerprint density at radius 3 is 2.30 bits per heavy atom. The van der Waals surface area contributed by atoms with Gasteiger partial charge in [0.25, 0.3) is 0 Å². The number of aromatic nitrogens is 1. The Morgan fingerprint density at radius 1 is 1.33 bits per heavy atom. The topological polar surface area (TPSA) is 160 Å². The van der Waals surface area contributed by atoms with Gasteiger partial charge in [0.05, 0.1) is 30.4 Å². The van der Waals surface area contributed by atoms with E-state index in [1.165, 1.54) is 13.8 Å². The molecule has 2 rings (SSSR count). The number of thiazole rings is 1. The zero-order valence-electron chi connectivity index (χ0n) is 19.8. The highest BCUT2D eigenvalue weighted by Crippen LogP contribution is 2.30. The maximum Gasteiger partial charge on any atom is 0.221 e. The highest BCUT2D eigenvalue weighted by molar-refractivity contribution is 7.81. The first-order valence-corrected chi connectivity index (χ1v) is 12.4. The second-order valence-electron chi connectivity index (χ2n) is 8.92. The van der Waals surface area contributed by atoms with Crippen LogP contribution in [0.15, 0.2) is 16.3 Å². The fourth-order valence-corrected chi connectivity index (χ4v) is 4.80. The van der Waals surface area contributed by atoms with Gasteiger partial charge in [0.15, 0.2) is 0 Å². The van der Waals surface area contributed by atoms with Crippen LogP contribution in [0, 0.1) is 17.2 Å². The number of hydrogen-bond acceptors (Lipinski definition) is 8. The number of hydrogen-bond donors (Lipinski definition) is 3. The monoisotopic (exact) mass is 494 g/mol. The van der Waals surface area contributed by atoms with Crippen molar-refractivity contribution < 1.29 is 23.8 Å². The minimum Gasteiger partial charge on any atom is -0.768 e. The van der Waals surface area contributed by atoms with Crippen LogP contribution >= 0.6 is 11.3 Å². The van der Waals surface area contributed by atoms with Gasteiger partial charge >= 0.3 is 0 Å². The molecule has 0 saturated heterocycles. The smallest absolute Gasteiger partial charge is 0.221 e. The Balaban J connectivity index is 0.000000346. The predicted octanol–water partition coefficient (Wildman–Crippen LogP) is 3.01. The van der Waals surface area contributed by atoms with Crippen molar-refractivity contribution >= 4 is 28.3 Å². The molecule has 1 unspecified atom stereocenters. The standard InChI is InChI=1S/C16H22N2O.C7H11NO4S2/c1-10(2)5-13-6-12(9-17)7-14(11(3)4)15(13)8-16(18)19;1-7(2,10)6-8-4(3-9)5(13-6)14(11)12/h6-7,10-11H,5,8H2,1-4H3,(H2,18,19);9-10H,3H2,1-2H3,(H,11,12)/p-1. The summed E-state index contributed by atoms with van der Waals surface area (Å²) in [6.45, 7) is 11.0. The van der Waals surface area contributed by atoms with Crippen molar-refractivity contribution in [2.24, 2.45) is 11.7 Å². The Hall–Kier alpha value is -2.16. The summed E-state index contributed by atoms with van der Waals surface area (Å²) < 4.78 is 21.4. The van der Waals surface area contributed by atoms with Gasteiger partial charge in [0.2, 0.25) is 5.91 Å². The van der Waals surface area contributed by atoms with Crippen molar-refractivity contribution in [3.8, 4) is 6.07 Å². The third-order valence-corrected chi connectivity index (χ3v) is 6.99. The zero-order valence-corrected chi connectivity index (χ0v) is 21.5. The van der Waals surface area contributed by atoms with E-state index in [4.69, 9.17) is 16.1 Å². The number of nitriles is 1. The number of nitrogens with zero attached hydrogens (tertiary/aromatic N) is 2. The summed E-state index contributed by atoms with van der Waals surface area (Å²) >= 11 is -1.55. The number of carbonyl (C=O) groups is 1. The van der Waals surface area contributed by atoms with E-state index in [-0.39, 0.29) is 33.2 Å². The number of aliphatic hydroxyl groups is 2. The molecule has 0 aliphatic heterocycles. The molecule has 4 N–H and O–H groups in total. The van der Waals surface area contributed by atoms with Crippen LogP contribution in [0.3, 0.4) is 0 Å². The van der Waals surface area contributed by atoms with Gasteiger partial charge in [-0.3, -0.25) is 9.00 Å². The molecule has 182 valence electrons. The maximum absolute atomic E-state index is 11.3. The van der Waals surface area contributed by atoms with Gasteiger partial charge in [-0.05, 0) is 72.0 Å². The van der Waals surface area contributed by atoms with Gasteiger partial charge in [0, 0.05) is 0 Å². The molecule has 1 aromatic heterocycles. The fourth-order valence-electron chi connectivity index (χ4n) is 3.18. The number of carbonyl (C=O) groups excluding carboxylic acids is 1. The number of primary amides is 1. The molecule has 1 heterocycles. The summed E-state index contributed by atoms with van der Waals surface area (Å²) in [6, 6.07) is 5.97. The van der Waals surface area contributed by atoms with Crippen molar-refractivity contribution in [3.63, 3.8) is 0 Å². The molecule has 10 heteroatoms. The van der Waals surface area contributed by atoms with Crippen molar-refractivity contribution in [1.29, 1.82) is 5.26 Å². The summed E-state index contributed by atoms with van der Waals surface area (Å²) in [6.07, 6.45) is 1.11. The first-order chi connectivity index (χ1) is 15.2. The van der Waals surface area contributed by atoms with Crippen LogP contribution < -0.4 is 5.73 Å². The number of rotatable bonds is 8. The lowest BCUT2D eigenvalue weighted by molar-refractivity contribution is -0.117. The highest BCUT2D eigenvalue weighted by Gasteiger charge is 2.23. The van der Waals surface area contributed by atoms with Gasteiger partial charge in [0.1, 0.15) is 14.8 Å². The minimum absolute atomic E-state index is 0.0235. The SMILES string of the molecule is CC(C)(O)c1nc(CO)c(S(=O)[O-])s1.CC(C)Cc1cc(C#N)cc(C(C)C)c1CC(N)=O. The van der Waals surface area contributed by atoms with Crippen LogP contribution in [0.2, 0.25) is 0 Å². The van der Waals surface area contributed by atoms with Crippen molar-refractivity contribution in [3.05, 3.63) is 45.1 Å². The molecule has 0 spiro atoms. The summed E-state index contributed by atoms with van der Waals surface area (Å²) in [4.78, 5) is 15.1. The second-order valence-corrected chi connectivity index (χ2v) is 11.1. The molecule has 0 bridgehead atoms. The van der Waals surface area contributed by atoms with Crippen LogP contribution in [0.1, 0.15) is 80.4 Å². The molecule has 1 aromatic carbocycles. The van der Waals surface area contributed by atoms with E-state index in [1.807, 2.05) is 12.1 Å². The Bertz CT molecular complexity index is 1030. The average Bonchev–Trinajstić information content (AvgIpc) is 3.14. The fraction of sp³-hybridized carbons (Fsp3) is 0.522. The Labute approximate surface area is 201 Å². The first-order valence-electron chi connectivity index (χ1n) is 10.5. The van der Waals surface area contributed by atoms with E-state index in [1.54, 1.807) is 0 Å². The van der Waals surface area contributed by atoms with Gasteiger partial charge in [-0.25, -0.2) is 4.98 Å². The highest BCUT2D eigenvalue weighted by atomic mass is 32.2. The zero-order chi connectivity index (χ0) is 25.5. The Morgan fingerprint density at radius 2 is 1.94 bits per heavy atom. The first kappa shape index (κ1) is 28.9. The third-order valence-electron chi connectivity index (χ3n) is 4.59. The van der Waals surface area contributed by atoms with Crippen molar-refractivity contribution in [2.45, 2.75) is 76.7 Å². The molecule has 2 aromatic rings. The molecular weight excluding hydrogens is 462 g/mol. The maximum atomic E-state index is 11.3. The summed E-state index contributed by atoms with van der Waals surface area (Å²) in [5.74, 6) is 0.422. The van der Waals surface area contributed by atoms with E-state index >= 15 is 0 Å². The van der Waals surface area contributed by atoms with Crippen LogP contribution in [-0.2, 0) is 40.9 Å². The lowest BCUT2D eigenvalue weighted by Crippen LogP contribution is -2.17. The van der Waals surface area contributed by atoms with E-state index in [9.17, 15) is 18.7 Å². The van der Waals surface area contributed by atoms with E-state index < -0.39 is 23.3 Å². The number of amides is 1. The van der Waals surface area contributed by atoms with Crippen LogP contribution in [0.25, 0.3) is 0 Å². The molecule has 0 saturated carbocycles. The van der Waals surface area contributed by atoms with Crippen molar-refractivity contribution in [1.82, 2.24) is 4.98 Å². The van der Waals surface area contributed by atoms with Crippen LogP contribution in [-0.4, -0.2) is 29.9 Å². The number of aliphatic hydroxyl groups excluding tert-OH is 1. The summed E-state index contributed by atoms with van der Waals surface area (Å²) in [5, 5.41) is 27.8. The van der Waals surface area contributed by atoms with Gasteiger partial charge in [-0.15, -0.1) is 11.3 Å². The number of nitrogens with two attached hydrogens (primary N) is 1. The quantitative estimate of drug-likeness (QED) is 0.475. The molecular formula is C23H32N3O5S2-. The lowest BCUT2D eigenvalue weighted by atomic mass is 9.86. The van der Waals surface area contributed by atoms with Gasteiger partial charge in [-0.2, -0.15) is 5.26 Å².